The predicted molar refractivity (Wildman–Crippen MR) is 126 cm³/mol. The number of halogens is 1. The number of aromatic nitrogens is 2. The Kier molecular flexibility index (Phi) is 8.42. The molecule has 172 valence electrons. The van der Waals surface area contributed by atoms with Crippen molar-refractivity contribution in [3.05, 3.63) is 66.0 Å². The molecule has 0 amide bonds. The van der Waals surface area contributed by atoms with Gasteiger partial charge in [-0.3, -0.25) is 4.90 Å². The van der Waals surface area contributed by atoms with E-state index in [1.54, 1.807) is 16.8 Å². The lowest BCUT2D eigenvalue weighted by Crippen LogP contribution is -2.37. The van der Waals surface area contributed by atoms with Gasteiger partial charge in [-0.1, -0.05) is 50.1 Å². The Morgan fingerprint density at radius 3 is 2.41 bits per heavy atom. The zero-order valence-electron chi connectivity index (χ0n) is 19.5. The third-order valence-electron chi connectivity index (χ3n) is 5.59. The molecule has 1 heterocycles. The van der Waals surface area contributed by atoms with E-state index in [1.807, 2.05) is 37.4 Å². The lowest BCUT2D eigenvalue weighted by Gasteiger charge is -2.29. The maximum absolute atomic E-state index is 13.4. The number of aliphatic hydroxyl groups is 1. The topological polar surface area (TPSA) is 50.5 Å². The molecule has 0 unspecified atom stereocenters. The molecule has 0 aliphatic heterocycles. The number of aliphatic hydroxyl groups excluding tert-OH is 1. The first-order chi connectivity index (χ1) is 15.4. The number of aryl methyl sites for hydroxylation is 1. The van der Waals surface area contributed by atoms with E-state index in [-0.39, 0.29) is 18.0 Å². The maximum atomic E-state index is 13.4. The Morgan fingerprint density at radius 1 is 1.09 bits per heavy atom. The van der Waals surface area contributed by atoms with Gasteiger partial charge in [0.1, 0.15) is 17.3 Å². The van der Waals surface area contributed by atoms with Crippen LogP contribution in [-0.2, 0) is 13.6 Å². The van der Waals surface area contributed by atoms with Crippen molar-refractivity contribution in [1.29, 1.82) is 0 Å². The minimum Gasteiger partial charge on any atom is -0.439 e. The summed E-state index contributed by atoms with van der Waals surface area (Å²) in [5.41, 5.74) is 2.79. The van der Waals surface area contributed by atoms with E-state index in [1.165, 1.54) is 12.1 Å². The fourth-order valence-electron chi connectivity index (χ4n) is 3.73. The quantitative estimate of drug-likeness (QED) is 0.411. The second-order valence-corrected chi connectivity index (χ2v) is 8.50. The van der Waals surface area contributed by atoms with E-state index in [9.17, 15) is 9.50 Å². The van der Waals surface area contributed by atoms with E-state index in [0.717, 1.165) is 36.1 Å². The van der Waals surface area contributed by atoms with Gasteiger partial charge in [0.15, 0.2) is 0 Å². The van der Waals surface area contributed by atoms with Crippen LogP contribution in [0.3, 0.4) is 0 Å². The monoisotopic (exact) mass is 439 g/mol. The maximum Gasteiger partial charge on any atom is 0.222 e. The zero-order valence-corrected chi connectivity index (χ0v) is 19.5. The van der Waals surface area contributed by atoms with Gasteiger partial charge in [0.05, 0.1) is 11.7 Å². The molecule has 6 heteroatoms. The molecular weight excluding hydrogens is 405 g/mol. The number of hydrogen-bond acceptors (Lipinski definition) is 4. The number of ether oxygens (including phenoxy) is 1. The van der Waals surface area contributed by atoms with Crippen molar-refractivity contribution in [2.75, 3.05) is 6.54 Å². The van der Waals surface area contributed by atoms with Crippen molar-refractivity contribution in [3.63, 3.8) is 0 Å². The van der Waals surface area contributed by atoms with Crippen LogP contribution in [0.2, 0.25) is 0 Å². The summed E-state index contributed by atoms with van der Waals surface area (Å²) in [6, 6.07) is 16.2. The molecule has 0 fully saturated rings. The van der Waals surface area contributed by atoms with Crippen LogP contribution in [0.5, 0.6) is 11.6 Å². The molecular formula is C26H34FN3O2. The fraction of sp³-hybridized carbons (Fsp3) is 0.423. The van der Waals surface area contributed by atoms with Crippen molar-refractivity contribution in [1.82, 2.24) is 14.7 Å². The largest absolute Gasteiger partial charge is 0.439 e. The highest BCUT2D eigenvalue weighted by molar-refractivity contribution is 5.65. The molecule has 1 aromatic heterocycles. The van der Waals surface area contributed by atoms with Crippen LogP contribution in [0.25, 0.3) is 11.3 Å². The molecule has 1 N–H and O–H groups in total. The molecule has 0 aliphatic carbocycles. The van der Waals surface area contributed by atoms with Gasteiger partial charge in [-0.2, -0.15) is 5.10 Å². The first-order valence-corrected chi connectivity index (χ1v) is 11.4. The number of unbranched alkanes of at least 4 members (excludes halogenated alkanes) is 1. The number of rotatable bonds is 11. The molecule has 1 atom stereocenters. The van der Waals surface area contributed by atoms with E-state index in [0.29, 0.717) is 24.7 Å². The summed E-state index contributed by atoms with van der Waals surface area (Å²) in [6.45, 7) is 7.55. The molecule has 0 bridgehead atoms. The normalized spacial score (nSPS) is 12.5. The first-order valence-electron chi connectivity index (χ1n) is 11.4. The molecule has 0 aliphatic rings. The average Bonchev–Trinajstić information content (AvgIpc) is 3.09. The van der Waals surface area contributed by atoms with Crippen molar-refractivity contribution in [2.45, 2.75) is 58.7 Å². The summed E-state index contributed by atoms with van der Waals surface area (Å²) in [5, 5.41) is 15.3. The standard InChI is InChI=1S/C26H34FN3O2/c1-5-6-12-22(31)17-30(19(2)3)18-24-25(20-10-8-7-9-11-20)28-29(4)26(24)32-23-15-13-21(27)14-16-23/h7-11,13-16,19,22,31H,5-6,12,17-18H2,1-4H3/t22-/m0/s1. The second kappa shape index (κ2) is 11.2. The van der Waals surface area contributed by atoms with Crippen LogP contribution in [0.4, 0.5) is 4.39 Å². The number of benzene rings is 2. The molecule has 32 heavy (non-hydrogen) atoms. The Balaban J connectivity index is 1.97. The molecule has 0 radical (unpaired) electrons. The van der Waals surface area contributed by atoms with Crippen molar-refractivity contribution in [3.8, 4) is 22.9 Å². The summed E-state index contributed by atoms with van der Waals surface area (Å²) >= 11 is 0. The average molecular weight is 440 g/mol. The van der Waals surface area contributed by atoms with Gasteiger partial charge in [-0.25, -0.2) is 9.07 Å². The highest BCUT2D eigenvalue weighted by Crippen LogP contribution is 2.34. The fourth-order valence-corrected chi connectivity index (χ4v) is 3.73. The van der Waals surface area contributed by atoms with Gasteiger partial charge in [0, 0.05) is 31.7 Å². The van der Waals surface area contributed by atoms with Gasteiger partial charge in [0.25, 0.3) is 0 Å². The summed E-state index contributed by atoms with van der Waals surface area (Å²) in [5.74, 6) is 0.859. The van der Waals surface area contributed by atoms with Crippen LogP contribution < -0.4 is 4.74 Å². The summed E-state index contributed by atoms with van der Waals surface area (Å²) < 4.78 is 21.3. The Labute approximate surface area is 190 Å². The molecule has 3 rings (SSSR count). The molecule has 0 saturated heterocycles. The van der Waals surface area contributed by atoms with Crippen molar-refractivity contribution in [2.24, 2.45) is 7.05 Å². The van der Waals surface area contributed by atoms with Crippen LogP contribution in [0.1, 0.15) is 45.6 Å². The van der Waals surface area contributed by atoms with Gasteiger partial charge in [-0.05, 0) is 44.5 Å². The predicted octanol–water partition coefficient (Wildman–Crippen LogP) is 5.78. The van der Waals surface area contributed by atoms with Crippen molar-refractivity contribution < 1.29 is 14.2 Å². The van der Waals surface area contributed by atoms with Gasteiger partial charge in [-0.15, -0.1) is 0 Å². The first kappa shape index (κ1) is 24.0. The van der Waals surface area contributed by atoms with Crippen LogP contribution >= 0.6 is 0 Å². The van der Waals surface area contributed by atoms with Crippen LogP contribution in [0.15, 0.2) is 54.6 Å². The van der Waals surface area contributed by atoms with E-state index in [2.05, 4.69) is 25.7 Å². The van der Waals surface area contributed by atoms with E-state index < -0.39 is 0 Å². The third kappa shape index (κ3) is 6.17. The smallest absolute Gasteiger partial charge is 0.222 e. The Bertz CT molecular complexity index is 971. The minimum absolute atomic E-state index is 0.230. The van der Waals surface area contributed by atoms with E-state index in [4.69, 9.17) is 9.84 Å². The van der Waals surface area contributed by atoms with Crippen LogP contribution in [-0.4, -0.2) is 38.5 Å². The Hall–Kier alpha value is -2.70. The number of hydrogen-bond donors (Lipinski definition) is 1. The summed E-state index contributed by atoms with van der Waals surface area (Å²) in [6.07, 6.45) is 2.48. The lowest BCUT2D eigenvalue weighted by atomic mass is 10.1. The molecule has 2 aromatic carbocycles. The summed E-state index contributed by atoms with van der Waals surface area (Å²) in [4.78, 5) is 2.25. The molecule has 5 nitrogen and oxygen atoms in total. The summed E-state index contributed by atoms with van der Waals surface area (Å²) in [7, 11) is 1.85. The molecule has 3 aromatic rings. The SMILES string of the molecule is CCCC[C@H](O)CN(Cc1c(-c2ccccc2)nn(C)c1Oc1ccc(F)cc1)C(C)C. The highest BCUT2D eigenvalue weighted by Gasteiger charge is 2.24. The van der Waals surface area contributed by atoms with Crippen LogP contribution in [0, 0.1) is 5.82 Å². The third-order valence-corrected chi connectivity index (χ3v) is 5.59. The number of nitrogens with zero attached hydrogens (tertiary/aromatic N) is 3. The molecule has 0 spiro atoms. The van der Waals surface area contributed by atoms with Gasteiger partial charge >= 0.3 is 0 Å². The minimum atomic E-state index is -0.379. The van der Waals surface area contributed by atoms with Crippen molar-refractivity contribution >= 4 is 0 Å². The zero-order chi connectivity index (χ0) is 23.1. The van der Waals surface area contributed by atoms with Gasteiger partial charge in [0.2, 0.25) is 5.88 Å². The second-order valence-electron chi connectivity index (χ2n) is 8.50. The van der Waals surface area contributed by atoms with Gasteiger partial charge < -0.3 is 9.84 Å². The van der Waals surface area contributed by atoms with E-state index >= 15 is 0 Å². The highest BCUT2D eigenvalue weighted by atomic mass is 19.1. The molecule has 0 saturated carbocycles. The lowest BCUT2D eigenvalue weighted by molar-refractivity contribution is 0.0829. The Morgan fingerprint density at radius 2 is 1.78 bits per heavy atom.